The average Bonchev–Trinajstić information content (AvgIpc) is 2.78. The molecule has 1 aromatic rings. The molecular weight excluding hydrogens is 223 g/mol. The van der Waals surface area contributed by atoms with Crippen molar-refractivity contribution in [3.05, 3.63) is 35.6 Å². The first kappa shape index (κ1) is 11.9. The van der Waals surface area contributed by atoms with Gasteiger partial charge in [-0.15, -0.1) is 0 Å². The van der Waals surface area contributed by atoms with Crippen molar-refractivity contribution >= 4 is 6.03 Å². The van der Waals surface area contributed by atoms with Crippen LogP contribution in [-0.4, -0.2) is 22.3 Å². The molecule has 3 N–H and O–H groups in total. The smallest absolute Gasteiger partial charge is 0.338 e. The second-order valence-corrected chi connectivity index (χ2v) is 4.40. The zero-order chi connectivity index (χ0) is 12.4. The number of benzene rings is 1. The van der Waals surface area contributed by atoms with E-state index < -0.39 is 6.03 Å². The van der Waals surface area contributed by atoms with E-state index in [-0.39, 0.29) is 17.8 Å². The van der Waals surface area contributed by atoms with Crippen LogP contribution in [0, 0.1) is 5.82 Å². The zero-order valence-corrected chi connectivity index (χ0v) is 9.34. The highest BCUT2D eigenvalue weighted by Gasteiger charge is 2.31. The Balaban J connectivity index is 2.02. The van der Waals surface area contributed by atoms with E-state index in [1.54, 1.807) is 12.1 Å². The molecule has 0 aromatic heterocycles. The van der Waals surface area contributed by atoms with E-state index in [0.717, 1.165) is 12.0 Å². The van der Waals surface area contributed by atoms with Crippen LogP contribution >= 0.6 is 0 Å². The number of halogens is 1. The standard InChI is InChI=1S/C12H15FN2O2/c13-10-4-1-8(2-5-10)9-3-6-11(7-9)15(17)12(14)16/h1-2,4-5,9,11,17H,3,6-7H2,(H2,14,16)/t9-,11+/m0/s1. The lowest BCUT2D eigenvalue weighted by Gasteiger charge is -2.19. The second kappa shape index (κ2) is 4.71. The summed E-state index contributed by atoms with van der Waals surface area (Å²) in [5, 5.41) is 10.0. The summed E-state index contributed by atoms with van der Waals surface area (Å²) in [6.45, 7) is 0. The van der Waals surface area contributed by atoms with Crippen molar-refractivity contribution < 1.29 is 14.4 Å². The quantitative estimate of drug-likeness (QED) is 0.613. The number of hydrogen-bond donors (Lipinski definition) is 2. The minimum absolute atomic E-state index is 0.234. The third kappa shape index (κ3) is 2.55. The number of hydrogen-bond acceptors (Lipinski definition) is 2. The number of carbonyl (C=O) groups excluding carboxylic acids is 1. The van der Waals surface area contributed by atoms with Gasteiger partial charge in [0, 0.05) is 0 Å². The number of nitrogens with zero attached hydrogens (tertiary/aromatic N) is 1. The lowest BCUT2D eigenvalue weighted by Crippen LogP contribution is -2.39. The Morgan fingerprint density at radius 1 is 1.35 bits per heavy atom. The Kier molecular flexibility index (Phi) is 3.28. The monoisotopic (exact) mass is 238 g/mol. The highest BCUT2D eigenvalue weighted by atomic mass is 19.1. The Labute approximate surface area is 98.8 Å². The molecule has 0 spiro atoms. The van der Waals surface area contributed by atoms with Gasteiger partial charge in [-0.2, -0.15) is 0 Å². The van der Waals surface area contributed by atoms with Gasteiger partial charge in [0.15, 0.2) is 0 Å². The van der Waals surface area contributed by atoms with E-state index in [1.165, 1.54) is 12.1 Å². The van der Waals surface area contributed by atoms with Crippen molar-refractivity contribution in [2.75, 3.05) is 0 Å². The fraction of sp³-hybridized carbons (Fsp3) is 0.417. The van der Waals surface area contributed by atoms with Crippen molar-refractivity contribution in [3.8, 4) is 0 Å². The van der Waals surface area contributed by atoms with Gasteiger partial charge in [0.05, 0.1) is 6.04 Å². The molecule has 0 heterocycles. The summed E-state index contributed by atoms with van der Waals surface area (Å²) in [4.78, 5) is 10.8. The number of carbonyl (C=O) groups is 1. The summed E-state index contributed by atoms with van der Waals surface area (Å²) in [6, 6.07) is 5.28. The number of nitrogens with two attached hydrogens (primary N) is 1. The molecule has 1 saturated carbocycles. The predicted octanol–water partition coefficient (Wildman–Crippen LogP) is 2.23. The van der Waals surface area contributed by atoms with E-state index in [9.17, 15) is 14.4 Å². The molecule has 5 heteroatoms. The Hall–Kier alpha value is -1.62. The number of primary amides is 1. The summed E-state index contributed by atoms with van der Waals surface area (Å²) in [6.07, 6.45) is 2.23. The van der Waals surface area contributed by atoms with Crippen LogP contribution in [0.1, 0.15) is 30.7 Å². The minimum atomic E-state index is -0.824. The number of amides is 2. The summed E-state index contributed by atoms with van der Waals surface area (Å²) < 4.78 is 12.8. The van der Waals surface area contributed by atoms with Gasteiger partial charge in [0.25, 0.3) is 0 Å². The highest BCUT2D eigenvalue weighted by molar-refractivity contribution is 5.70. The maximum absolute atomic E-state index is 12.8. The first-order valence-electron chi connectivity index (χ1n) is 5.61. The van der Waals surface area contributed by atoms with Crippen LogP contribution in [0.2, 0.25) is 0 Å². The van der Waals surface area contributed by atoms with Crippen molar-refractivity contribution in [1.82, 2.24) is 5.06 Å². The molecule has 0 radical (unpaired) electrons. The number of hydroxylamine groups is 2. The van der Waals surface area contributed by atoms with Gasteiger partial charge in [0.2, 0.25) is 0 Å². The van der Waals surface area contributed by atoms with Crippen LogP contribution in [-0.2, 0) is 0 Å². The van der Waals surface area contributed by atoms with Crippen LogP contribution in [0.3, 0.4) is 0 Å². The van der Waals surface area contributed by atoms with E-state index >= 15 is 0 Å². The van der Waals surface area contributed by atoms with Crippen LogP contribution in [0.5, 0.6) is 0 Å². The number of urea groups is 1. The molecule has 0 aliphatic heterocycles. The van der Waals surface area contributed by atoms with Crippen molar-refractivity contribution in [1.29, 1.82) is 0 Å². The number of rotatable bonds is 2. The van der Waals surface area contributed by atoms with Crippen LogP contribution in [0.15, 0.2) is 24.3 Å². The molecule has 1 aliphatic rings. The van der Waals surface area contributed by atoms with Crippen LogP contribution in [0.25, 0.3) is 0 Å². The fourth-order valence-electron chi connectivity index (χ4n) is 2.40. The largest absolute Gasteiger partial charge is 0.350 e. The molecule has 2 rings (SSSR count). The second-order valence-electron chi connectivity index (χ2n) is 4.40. The maximum Gasteiger partial charge on any atom is 0.338 e. The Bertz CT molecular complexity index is 407. The summed E-state index contributed by atoms with van der Waals surface area (Å²) >= 11 is 0. The van der Waals surface area contributed by atoms with Crippen molar-refractivity contribution in [2.24, 2.45) is 5.73 Å². The molecule has 17 heavy (non-hydrogen) atoms. The molecule has 1 aliphatic carbocycles. The molecule has 4 nitrogen and oxygen atoms in total. The van der Waals surface area contributed by atoms with Gasteiger partial charge in [-0.3, -0.25) is 5.21 Å². The predicted molar refractivity (Wildman–Crippen MR) is 60.0 cm³/mol. The molecule has 2 atom stereocenters. The lowest BCUT2D eigenvalue weighted by atomic mass is 9.97. The van der Waals surface area contributed by atoms with Crippen LogP contribution < -0.4 is 5.73 Å². The topological polar surface area (TPSA) is 66.6 Å². The van der Waals surface area contributed by atoms with Gasteiger partial charge in [0.1, 0.15) is 5.82 Å². The van der Waals surface area contributed by atoms with E-state index in [1.807, 2.05) is 0 Å². The normalized spacial score (nSPS) is 23.6. The lowest BCUT2D eigenvalue weighted by molar-refractivity contribution is -0.0730. The molecule has 2 amide bonds. The van der Waals surface area contributed by atoms with Gasteiger partial charge < -0.3 is 5.73 Å². The molecule has 92 valence electrons. The summed E-state index contributed by atoms with van der Waals surface area (Å²) in [7, 11) is 0. The van der Waals surface area contributed by atoms with Gasteiger partial charge >= 0.3 is 6.03 Å². The van der Waals surface area contributed by atoms with Crippen molar-refractivity contribution in [2.45, 2.75) is 31.2 Å². The summed E-state index contributed by atoms with van der Waals surface area (Å²) in [5.41, 5.74) is 6.04. The highest BCUT2D eigenvalue weighted by Crippen LogP contribution is 2.36. The molecular formula is C12H15FN2O2. The Morgan fingerprint density at radius 2 is 2.00 bits per heavy atom. The molecule has 0 bridgehead atoms. The molecule has 0 saturated heterocycles. The summed E-state index contributed by atoms with van der Waals surface area (Å²) in [5.74, 6) is -0.0150. The van der Waals surface area contributed by atoms with Crippen molar-refractivity contribution in [3.63, 3.8) is 0 Å². The third-order valence-corrected chi connectivity index (χ3v) is 3.32. The van der Waals surface area contributed by atoms with Gasteiger partial charge in [-0.25, -0.2) is 14.2 Å². The van der Waals surface area contributed by atoms with E-state index in [4.69, 9.17) is 5.73 Å². The van der Waals surface area contributed by atoms with E-state index in [2.05, 4.69) is 0 Å². The minimum Gasteiger partial charge on any atom is -0.350 e. The SMILES string of the molecule is NC(=O)N(O)[C@@H]1CC[C@H](c2ccc(F)cc2)C1. The Morgan fingerprint density at radius 3 is 2.59 bits per heavy atom. The van der Waals surface area contributed by atoms with Gasteiger partial charge in [-0.05, 0) is 42.9 Å². The van der Waals surface area contributed by atoms with Gasteiger partial charge in [-0.1, -0.05) is 12.1 Å². The first-order valence-corrected chi connectivity index (χ1v) is 5.61. The molecule has 1 fully saturated rings. The fourth-order valence-corrected chi connectivity index (χ4v) is 2.40. The molecule has 0 unspecified atom stereocenters. The van der Waals surface area contributed by atoms with Crippen LogP contribution in [0.4, 0.5) is 9.18 Å². The third-order valence-electron chi connectivity index (χ3n) is 3.32. The average molecular weight is 238 g/mol. The molecule has 1 aromatic carbocycles. The van der Waals surface area contributed by atoms with E-state index in [0.29, 0.717) is 17.9 Å². The zero-order valence-electron chi connectivity index (χ0n) is 9.34. The first-order chi connectivity index (χ1) is 8.08. The maximum atomic E-state index is 12.8.